The highest BCUT2D eigenvalue weighted by molar-refractivity contribution is 6.30. The summed E-state index contributed by atoms with van der Waals surface area (Å²) in [5.74, 6) is 0.377. The third-order valence-electron chi connectivity index (χ3n) is 2.82. The van der Waals surface area contributed by atoms with Crippen LogP contribution in [-0.2, 0) is 4.79 Å². The van der Waals surface area contributed by atoms with Crippen molar-refractivity contribution in [2.45, 2.75) is 32.7 Å². The van der Waals surface area contributed by atoms with E-state index in [1.807, 2.05) is 24.3 Å². The smallest absolute Gasteiger partial charge is 0.220 e. The number of carbonyl (C=O) groups is 1. The van der Waals surface area contributed by atoms with E-state index < -0.39 is 0 Å². The average molecular weight is 269 g/mol. The molecule has 0 spiro atoms. The summed E-state index contributed by atoms with van der Waals surface area (Å²) in [5.41, 5.74) is 6.48. The molecule has 0 saturated carbocycles. The number of rotatable bonds is 6. The monoisotopic (exact) mass is 268 g/mol. The van der Waals surface area contributed by atoms with Crippen molar-refractivity contribution in [1.82, 2.24) is 5.32 Å². The Bertz CT molecular complexity index is 376. The Labute approximate surface area is 114 Å². The van der Waals surface area contributed by atoms with Crippen molar-refractivity contribution in [2.24, 2.45) is 11.7 Å². The summed E-state index contributed by atoms with van der Waals surface area (Å²) in [4.78, 5) is 11.8. The molecule has 4 heteroatoms. The molecule has 0 radical (unpaired) electrons. The Kier molecular flexibility index (Phi) is 6.16. The van der Waals surface area contributed by atoms with Crippen molar-refractivity contribution in [2.75, 3.05) is 6.54 Å². The van der Waals surface area contributed by atoms with Crippen LogP contribution in [0.5, 0.6) is 0 Å². The summed E-state index contributed by atoms with van der Waals surface area (Å²) in [6, 6.07) is 7.62. The van der Waals surface area contributed by atoms with Gasteiger partial charge in [-0.15, -0.1) is 0 Å². The topological polar surface area (TPSA) is 55.1 Å². The van der Waals surface area contributed by atoms with E-state index in [0.717, 1.165) is 12.0 Å². The van der Waals surface area contributed by atoms with Crippen molar-refractivity contribution in [3.8, 4) is 0 Å². The largest absolute Gasteiger partial charge is 0.349 e. The van der Waals surface area contributed by atoms with E-state index in [0.29, 0.717) is 23.9 Å². The second-order valence-corrected chi connectivity index (χ2v) is 5.17. The highest BCUT2D eigenvalue weighted by Crippen LogP contribution is 2.23. The molecule has 0 aliphatic heterocycles. The zero-order valence-corrected chi connectivity index (χ0v) is 11.7. The Hall–Kier alpha value is -1.06. The fourth-order valence-electron chi connectivity index (χ4n) is 1.81. The van der Waals surface area contributed by atoms with Crippen LogP contribution in [0, 0.1) is 5.92 Å². The van der Waals surface area contributed by atoms with Gasteiger partial charge in [0.05, 0.1) is 6.04 Å². The lowest BCUT2D eigenvalue weighted by Gasteiger charge is -2.23. The lowest BCUT2D eigenvalue weighted by atomic mass is 9.96. The van der Waals surface area contributed by atoms with E-state index in [-0.39, 0.29) is 11.9 Å². The van der Waals surface area contributed by atoms with Gasteiger partial charge in [-0.25, -0.2) is 0 Å². The number of amides is 1. The van der Waals surface area contributed by atoms with Crippen molar-refractivity contribution in [3.63, 3.8) is 0 Å². The van der Waals surface area contributed by atoms with Crippen LogP contribution < -0.4 is 11.1 Å². The van der Waals surface area contributed by atoms with Crippen LogP contribution in [0.3, 0.4) is 0 Å². The summed E-state index contributed by atoms with van der Waals surface area (Å²) in [6.45, 7) is 4.71. The van der Waals surface area contributed by atoms with Gasteiger partial charge in [0.25, 0.3) is 0 Å². The standard InChI is InChI=1S/C14H21ClN2O/c1-10(2)14(17-13(18)4-3-9-16)11-5-7-12(15)8-6-11/h5-8,10,14H,3-4,9,16H2,1-2H3,(H,17,18). The molecular weight excluding hydrogens is 248 g/mol. The first-order chi connectivity index (χ1) is 8.54. The average Bonchev–Trinajstić information content (AvgIpc) is 2.34. The van der Waals surface area contributed by atoms with Gasteiger partial charge in [0.2, 0.25) is 5.91 Å². The van der Waals surface area contributed by atoms with Gasteiger partial charge in [0.15, 0.2) is 0 Å². The highest BCUT2D eigenvalue weighted by atomic mass is 35.5. The van der Waals surface area contributed by atoms with E-state index in [1.54, 1.807) is 0 Å². The molecular formula is C14H21ClN2O. The first-order valence-corrected chi connectivity index (χ1v) is 6.67. The van der Waals surface area contributed by atoms with E-state index >= 15 is 0 Å². The van der Waals surface area contributed by atoms with E-state index in [1.165, 1.54) is 0 Å². The molecule has 0 aliphatic carbocycles. The van der Waals surface area contributed by atoms with Gasteiger partial charge in [0, 0.05) is 11.4 Å². The molecule has 1 atom stereocenters. The number of halogens is 1. The molecule has 1 aromatic rings. The molecule has 0 heterocycles. The number of benzene rings is 1. The van der Waals surface area contributed by atoms with Gasteiger partial charge in [0.1, 0.15) is 0 Å². The molecule has 100 valence electrons. The molecule has 1 unspecified atom stereocenters. The van der Waals surface area contributed by atoms with Crippen LogP contribution in [0.4, 0.5) is 0 Å². The minimum atomic E-state index is 0.0209. The Morgan fingerprint density at radius 2 is 1.94 bits per heavy atom. The molecule has 0 saturated heterocycles. The molecule has 3 nitrogen and oxygen atoms in total. The van der Waals surface area contributed by atoms with Gasteiger partial charge in [-0.3, -0.25) is 4.79 Å². The van der Waals surface area contributed by atoms with Crippen molar-refractivity contribution in [3.05, 3.63) is 34.9 Å². The van der Waals surface area contributed by atoms with Gasteiger partial charge in [-0.1, -0.05) is 37.6 Å². The maximum atomic E-state index is 11.8. The van der Waals surface area contributed by atoms with Gasteiger partial charge < -0.3 is 11.1 Å². The summed E-state index contributed by atoms with van der Waals surface area (Å²) in [5, 5.41) is 3.75. The first kappa shape index (κ1) is 15.0. The zero-order chi connectivity index (χ0) is 13.5. The second-order valence-electron chi connectivity index (χ2n) is 4.73. The molecule has 3 N–H and O–H groups in total. The van der Waals surface area contributed by atoms with Crippen LogP contribution in [0.15, 0.2) is 24.3 Å². The fourth-order valence-corrected chi connectivity index (χ4v) is 1.94. The number of hydrogen-bond acceptors (Lipinski definition) is 2. The lowest BCUT2D eigenvalue weighted by Crippen LogP contribution is -2.31. The normalized spacial score (nSPS) is 12.5. The van der Waals surface area contributed by atoms with Crippen molar-refractivity contribution in [1.29, 1.82) is 0 Å². The third kappa shape index (κ3) is 4.67. The van der Waals surface area contributed by atoms with Crippen LogP contribution in [0.25, 0.3) is 0 Å². The molecule has 1 aromatic carbocycles. The predicted octanol–water partition coefficient (Wildman–Crippen LogP) is 2.89. The van der Waals surface area contributed by atoms with Gasteiger partial charge in [-0.2, -0.15) is 0 Å². The van der Waals surface area contributed by atoms with Crippen LogP contribution in [-0.4, -0.2) is 12.5 Å². The molecule has 0 fully saturated rings. The first-order valence-electron chi connectivity index (χ1n) is 6.29. The molecule has 0 aromatic heterocycles. The maximum absolute atomic E-state index is 11.8. The lowest BCUT2D eigenvalue weighted by molar-refractivity contribution is -0.122. The molecule has 1 amide bonds. The number of carbonyl (C=O) groups excluding carboxylic acids is 1. The minimum absolute atomic E-state index is 0.0209. The van der Waals surface area contributed by atoms with Gasteiger partial charge >= 0.3 is 0 Å². The van der Waals surface area contributed by atoms with E-state index in [9.17, 15) is 4.79 Å². The Morgan fingerprint density at radius 3 is 2.44 bits per heavy atom. The van der Waals surface area contributed by atoms with Crippen molar-refractivity contribution < 1.29 is 4.79 Å². The summed E-state index contributed by atoms with van der Waals surface area (Å²) >= 11 is 5.87. The van der Waals surface area contributed by atoms with Crippen molar-refractivity contribution >= 4 is 17.5 Å². The molecule has 0 bridgehead atoms. The second kappa shape index (κ2) is 7.39. The Balaban J connectivity index is 2.71. The third-order valence-corrected chi connectivity index (χ3v) is 3.07. The molecule has 18 heavy (non-hydrogen) atoms. The SMILES string of the molecule is CC(C)C(NC(=O)CCCN)c1ccc(Cl)cc1. The number of nitrogens with one attached hydrogen (secondary N) is 1. The van der Waals surface area contributed by atoms with Crippen LogP contribution >= 0.6 is 11.6 Å². The van der Waals surface area contributed by atoms with Crippen LogP contribution in [0.2, 0.25) is 5.02 Å². The van der Waals surface area contributed by atoms with Gasteiger partial charge in [-0.05, 0) is 36.6 Å². The zero-order valence-electron chi connectivity index (χ0n) is 10.9. The molecule has 0 aliphatic rings. The predicted molar refractivity (Wildman–Crippen MR) is 75.5 cm³/mol. The summed E-state index contributed by atoms with van der Waals surface area (Å²) < 4.78 is 0. The highest BCUT2D eigenvalue weighted by Gasteiger charge is 2.17. The van der Waals surface area contributed by atoms with Crippen LogP contribution in [0.1, 0.15) is 38.3 Å². The maximum Gasteiger partial charge on any atom is 0.220 e. The molecule has 1 rings (SSSR count). The van der Waals surface area contributed by atoms with E-state index in [4.69, 9.17) is 17.3 Å². The quantitative estimate of drug-likeness (QED) is 0.834. The summed E-state index contributed by atoms with van der Waals surface area (Å²) in [6.07, 6.45) is 1.20. The fraction of sp³-hybridized carbons (Fsp3) is 0.500. The Morgan fingerprint density at radius 1 is 1.33 bits per heavy atom. The minimum Gasteiger partial charge on any atom is -0.349 e. The number of nitrogens with two attached hydrogens (primary N) is 1. The number of hydrogen-bond donors (Lipinski definition) is 2. The van der Waals surface area contributed by atoms with E-state index in [2.05, 4.69) is 19.2 Å². The summed E-state index contributed by atoms with van der Waals surface area (Å²) in [7, 11) is 0.